The summed E-state index contributed by atoms with van der Waals surface area (Å²) in [6.45, 7) is 6.01. The normalized spacial score (nSPS) is 11.2. The molecule has 3 aromatic rings. The predicted octanol–water partition coefficient (Wildman–Crippen LogP) is 3.29. The van der Waals surface area contributed by atoms with Crippen molar-refractivity contribution in [2.24, 2.45) is 0 Å². The molecule has 4 nitrogen and oxygen atoms in total. The Bertz CT molecular complexity index is 792. The molecule has 0 N–H and O–H groups in total. The summed E-state index contributed by atoms with van der Waals surface area (Å²) in [7, 11) is 0. The van der Waals surface area contributed by atoms with Crippen LogP contribution in [0.2, 0.25) is 5.15 Å². The third kappa shape index (κ3) is 2.16. The van der Waals surface area contributed by atoms with E-state index in [1.54, 1.807) is 4.52 Å². The van der Waals surface area contributed by atoms with Gasteiger partial charge in [-0.25, -0.2) is 0 Å². The Hall–Kier alpha value is -1.94. The van der Waals surface area contributed by atoms with E-state index in [0.29, 0.717) is 11.6 Å². The quantitative estimate of drug-likeness (QED) is 0.726. The maximum atomic E-state index is 6.16. The fraction of sp³-hybridized carbons (Fsp3) is 0.267. The van der Waals surface area contributed by atoms with Gasteiger partial charge < -0.3 is 0 Å². The van der Waals surface area contributed by atoms with Crippen LogP contribution >= 0.6 is 11.6 Å². The van der Waals surface area contributed by atoms with Crippen molar-refractivity contribution in [2.45, 2.75) is 27.2 Å². The highest BCUT2D eigenvalue weighted by molar-refractivity contribution is 6.30. The van der Waals surface area contributed by atoms with Crippen LogP contribution in [0.5, 0.6) is 0 Å². The van der Waals surface area contributed by atoms with Crippen LogP contribution in [0.15, 0.2) is 24.3 Å². The molecule has 0 saturated heterocycles. The van der Waals surface area contributed by atoms with Gasteiger partial charge in [-0.2, -0.15) is 9.61 Å². The van der Waals surface area contributed by atoms with Crippen molar-refractivity contribution in [1.29, 1.82) is 0 Å². The van der Waals surface area contributed by atoms with Gasteiger partial charge in [0, 0.05) is 12.0 Å². The van der Waals surface area contributed by atoms with Crippen LogP contribution in [0.3, 0.4) is 0 Å². The van der Waals surface area contributed by atoms with Crippen molar-refractivity contribution < 1.29 is 0 Å². The second kappa shape index (κ2) is 4.87. The average Bonchev–Trinajstić information content (AvgIpc) is 2.79. The third-order valence-corrected chi connectivity index (χ3v) is 3.90. The highest BCUT2D eigenvalue weighted by Gasteiger charge is 2.13. The first-order valence-corrected chi connectivity index (χ1v) is 6.86. The summed E-state index contributed by atoms with van der Waals surface area (Å²) in [5.41, 5.74) is 5.17. The third-order valence-electron chi connectivity index (χ3n) is 3.55. The van der Waals surface area contributed by atoms with Gasteiger partial charge in [-0.1, -0.05) is 41.4 Å². The number of hydrogen-bond donors (Lipinski definition) is 0. The van der Waals surface area contributed by atoms with Gasteiger partial charge >= 0.3 is 0 Å². The molecule has 0 fully saturated rings. The Balaban J connectivity index is 2.09. The average molecular weight is 287 g/mol. The molecule has 102 valence electrons. The molecule has 1 aromatic carbocycles. The van der Waals surface area contributed by atoms with Crippen molar-refractivity contribution in [2.75, 3.05) is 0 Å². The summed E-state index contributed by atoms with van der Waals surface area (Å²) in [4.78, 5) is 0. The van der Waals surface area contributed by atoms with E-state index in [4.69, 9.17) is 11.6 Å². The molecule has 0 aliphatic carbocycles. The number of hydrogen-bond acceptors (Lipinski definition) is 3. The van der Waals surface area contributed by atoms with Crippen LogP contribution in [0.1, 0.15) is 28.1 Å². The number of rotatable bonds is 2. The Morgan fingerprint density at radius 1 is 1.10 bits per heavy atom. The molecule has 0 amide bonds. The molecule has 0 saturated carbocycles. The molecule has 0 bridgehead atoms. The zero-order valence-electron chi connectivity index (χ0n) is 11.7. The van der Waals surface area contributed by atoms with Gasteiger partial charge in [0.25, 0.3) is 0 Å². The molecule has 0 atom stereocenters. The van der Waals surface area contributed by atoms with Gasteiger partial charge in [0.05, 0.1) is 0 Å². The molecule has 0 unspecified atom stereocenters. The smallest absolute Gasteiger partial charge is 0.181 e. The van der Waals surface area contributed by atoms with E-state index >= 15 is 0 Å². The minimum Gasteiger partial charge on any atom is -0.195 e. The first-order chi connectivity index (χ1) is 9.56. The maximum absolute atomic E-state index is 6.16. The number of benzene rings is 1. The van der Waals surface area contributed by atoms with Crippen molar-refractivity contribution in [1.82, 2.24) is 19.8 Å². The number of halogens is 1. The summed E-state index contributed by atoms with van der Waals surface area (Å²) in [6.07, 6.45) is 0.689. The highest BCUT2D eigenvalue weighted by atomic mass is 35.5. The largest absolute Gasteiger partial charge is 0.195 e. The number of fused-ring (bicyclic) bond motifs is 1. The van der Waals surface area contributed by atoms with Crippen LogP contribution in [0.25, 0.3) is 5.65 Å². The van der Waals surface area contributed by atoms with E-state index in [0.717, 1.165) is 22.6 Å². The molecule has 0 aliphatic rings. The molecule has 2 heterocycles. The Kier molecular flexibility index (Phi) is 3.18. The van der Waals surface area contributed by atoms with Crippen LogP contribution < -0.4 is 0 Å². The molecule has 3 rings (SSSR count). The van der Waals surface area contributed by atoms with E-state index < -0.39 is 0 Å². The zero-order chi connectivity index (χ0) is 14.3. The van der Waals surface area contributed by atoms with Crippen molar-refractivity contribution >= 4 is 17.2 Å². The summed E-state index contributed by atoms with van der Waals surface area (Å²) in [6, 6.07) is 8.35. The van der Waals surface area contributed by atoms with Gasteiger partial charge in [-0.15, -0.1) is 10.2 Å². The van der Waals surface area contributed by atoms with Crippen molar-refractivity contribution in [3.8, 4) is 0 Å². The van der Waals surface area contributed by atoms with Crippen LogP contribution in [-0.2, 0) is 6.42 Å². The van der Waals surface area contributed by atoms with E-state index in [1.807, 2.05) is 19.9 Å². The van der Waals surface area contributed by atoms with E-state index in [2.05, 4.69) is 40.4 Å². The molecule has 5 heteroatoms. The standard InChI is InChI=1S/C15H15ClN4/c1-9-5-4-6-12(7-9)8-13-17-18-15-11(3)10(2)14(16)19-20(13)15/h4-7H,8H2,1-3H3. The van der Waals surface area contributed by atoms with Gasteiger partial charge in [0.2, 0.25) is 0 Å². The van der Waals surface area contributed by atoms with Gasteiger partial charge in [0.1, 0.15) is 0 Å². The summed E-state index contributed by atoms with van der Waals surface area (Å²) >= 11 is 6.16. The first kappa shape index (κ1) is 13.1. The monoisotopic (exact) mass is 286 g/mol. The van der Waals surface area contributed by atoms with E-state index in [9.17, 15) is 0 Å². The zero-order valence-corrected chi connectivity index (χ0v) is 12.4. The molecule has 2 aromatic heterocycles. The fourth-order valence-electron chi connectivity index (χ4n) is 2.25. The minimum absolute atomic E-state index is 0.500. The highest BCUT2D eigenvalue weighted by Crippen LogP contribution is 2.20. The van der Waals surface area contributed by atoms with Crippen LogP contribution in [-0.4, -0.2) is 19.8 Å². The van der Waals surface area contributed by atoms with E-state index in [-0.39, 0.29) is 0 Å². The van der Waals surface area contributed by atoms with E-state index in [1.165, 1.54) is 11.1 Å². The maximum Gasteiger partial charge on any atom is 0.181 e. The molecule has 0 spiro atoms. The van der Waals surface area contributed by atoms with Crippen LogP contribution in [0, 0.1) is 20.8 Å². The number of aryl methyl sites for hydroxylation is 2. The molecule has 20 heavy (non-hydrogen) atoms. The van der Waals surface area contributed by atoms with Crippen LogP contribution in [0.4, 0.5) is 0 Å². The topological polar surface area (TPSA) is 43.1 Å². The number of aromatic nitrogens is 4. The van der Waals surface area contributed by atoms with Gasteiger partial charge in [-0.05, 0) is 31.9 Å². The molecule has 0 aliphatic heterocycles. The molecular formula is C15H15ClN4. The fourth-order valence-corrected chi connectivity index (χ4v) is 2.47. The van der Waals surface area contributed by atoms with Gasteiger partial charge in [-0.3, -0.25) is 0 Å². The number of nitrogens with zero attached hydrogens (tertiary/aromatic N) is 4. The van der Waals surface area contributed by atoms with Gasteiger partial charge in [0.15, 0.2) is 16.6 Å². The lowest BCUT2D eigenvalue weighted by Crippen LogP contribution is -2.03. The Morgan fingerprint density at radius 2 is 1.90 bits per heavy atom. The lowest BCUT2D eigenvalue weighted by atomic mass is 10.1. The minimum atomic E-state index is 0.500. The lowest BCUT2D eigenvalue weighted by Gasteiger charge is -2.05. The second-order valence-corrected chi connectivity index (χ2v) is 5.42. The molecular weight excluding hydrogens is 272 g/mol. The van der Waals surface area contributed by atoms with Crippen molar-refractivity contribution in [3.63, 3.8) is 0 Å². The summed E-state index contributed by atoms with van der Waals surface area (Å²) in [5, 5.41) is 13.4. The predicted molar refractivity (Wildman–Crippen MR) is 79.3 cm³/mol. The Morgan fingerprint density at radius 3 is 2.65 bits per heavy atom. The lowest BCUT2D eigenvalue weighted by molar-refractivity contribution is 0.831. The molecule has 0 radical (unpaired) electrons. The van der Waals surface area contributed by atoms with Crippen molar-refractivity contribution in [3.05, 3.63) is 57.5 Å². The summed E-state index contributed by atoms with van der Waals surface area (Å²) < 4.78 is 1.74. The SMILES string of the molecule is Cc1cccc(Cc2nnc3c(C)c(C)c(Cl)nn23)c1. The Labute approximate surface area is 122 Å². The summed E-state index contributed by atoms with van der Waals surface area (Å²) in [5.74, 6) is 0.801. The first-order valence-electron chi connectivity index (χ1n) is 6.49. The second-order valence-electron chi connectivity index (χ2n) is 5.06.